The normalized spacial score (nSPS) is 16.7. The van der Waals surface area contributed by atoms with E-state index in [1.54, 1.807) is 24.3 Å². The molecule has 4 rings (SSSR count). The molecule has 3 aromatic rings. The summed E-state index contributed by atoms with van der Waals surface area (Å²) in [7, 11) is -3.67. The van der Waals surface area contributed by atoms with E-state index in [0.717, 1.165) is 11.1 Å². The van der Waals surface area contributed by atoms with Crippen molar-refractivity contribution in [2.75, 3.05) is 0 Å². The van der Waals surface area contributed by atoms with Gasteiger partial charge in [0.25, 0.3) is 0 Å². The SMILES string of the molecule is O=C=Nc1ccc(N=C=O)c(P2(=O)Oc3ccccc3-c3ccccc32)c1. The number of isocyanates is 2. The average molecular weight is 374 g/mol. The van der Waals surface area contributed by atoms with Crippen LogP contribution in [0.25, 0.3) is 11.1 Å². The summed E-state index contributed by atoms with van der Waals surface area (Å²) in [5, 5.41) is 0.655. The summed E-state index contributed by atoms with van der Waals surface area (Å²) in [5.74, 6) is 0.463. The first kappa shape index (κ1) is 16.9. The van der Waals surface area contributed by atoms with Gasteiger partial charge in [0.2, 0.25) is 12.2 Å². The van der Waals surface area contributed by atoms with Crippen molar-refractivity contribution < 1.29 is 18.7 Å². The van der Waals surface area contributed by atoms with Crippen molar-refractivity contribution >= 4 is 41.5 Å². The zero-order valence-corrected chi connectivity index (χ0v) is 14.7. The second-order valence-electron chi connectivity index (χ2n) is 5.74. The highest BCUT2D eigenvalue weighted by Gasteiger charge is 2.39. The Bertz CT molecular complexity index is 1210. The highest BCUT2D eigenvalue weighted by molar-refractivity contribution is 7.75. The van der Waals surface area contributed by atoms with E-state index < -0.39 is 7.37 Å². The zero-order valence-electron chi connectivity index (χ0n) is 13.8. The highest BCUT2D eigenvalue weighted by atomic mass is 31.2. The maximum Gasteiger partial charge on any atom is 0.309 e. The lowest BCUT2D eigenvalue weighted by atomic mass is 10.0. The number of rotatable bonds is 3. The molecule has 0 saturated carbocycles. The number of hydrogen-bond donors (Lipinski definition) is 0. The van der Waals surface area contributed by atoms with Crippen LogP contribution in [-0.2, 0) is 14.2 Å². The molecule has 1 aliphatic heterocycles. The Balaban J connectivity index is 2.05. The molecule has 27 heavy (non-hydrogen) atoms. The molecule has 0 radical (unpaired) electrons. The quantitative estimate of drug-likeness (QED) is 0.395. The lowest BCUT2D eigenvalue weighted by molar-refractivity contribution is 0.502. The molecule has 0 saturated heterocycles. The number of aliphatic imine (C=N–C) groups is 2. The molecule has 7 heteroatoms. The van der Waals surface area contributed by atoms with E-state index in [1.807, 2.05) is 24.3 Å². The molecule has 0 aliphatic carbocycles. The first-order valence-corrected chi connectivity index (χ1v) is 9.59. The number of benzene rings is 3. The lowest BCUT2D eigenvalue weighted by Gasteiger charge is -2.29. The number of carbonyl (C=O) groups excluding carboxylic acids is 2. The van der Waals surface area contributed by atoms with Gasteiger partial charge in [0.15, 0.2) is 0 Å². The Morgan fingerprint density at radius 2 is 1.48 bits per heavy atom. The predicted molar refractivity (Wildman–Crippen MR) is 101 cm³/mol. The van der Waals surface area contributed by atoms with E-state index in [1.165, 1.54) is 30.4 Å². The molecule has 1 aliphatic rings. The molecule has 1 heterocycles. The van der Waals surface area contributed by atoms with Gasteiger partial charge in [-0.2, -0.15) is 9.98 Å². The van der Waals surface area contributed by atoms with Crippen LogP contribution >= 0.6 is 7.37 Å². The number of fused-ring (bicyclic) bond motifs is 3. The van der Waals surface area contributed by atoms with Crippen LogP contribution in [0.15, 0.2) is 76.7 Å². The highest BCUT2D eigenvalue weighted by Crippen LogP contribution is 2.55. The molecule has 6 nitrogen and oxygen atoms in total. The van der Waals surface area contributed by atoms with Crippen molar-refractivity contribution in [2.45, 2.75) is 0 Å². The molecule has 130 valence electrons. The van der Waals surface area contributed by atoms with Gasteiger partial charge < -0.3 is 4.52 Å². The van der Waals surface area contributed by atoms with Crippen molar-refractivity contribution in [3.05, 3.63) is 66.7 Å². The van der Waals surface area contributed by atoms with Crippen LogP contribution in [0.5, 0.6) is 5.75 Å². The smallest absolute Gasteiger partial charge is 0.309 e. The van der Waals surface area contributed by atoms with E-state index in [2.05, 4.69) is 9.98 Å². The molecule has 0 bridgehead atoms. The molecule has 1 atom stereocenters. The van der Waals surface area contributed by atoms with Crippen molar-refractivity contribution in [3.63, 3.8) is 0 Å². The van der Waals surface area contributed by atoms with Gasteiger partial charge in [-0.15, -0.1) is 0 Å². The van der Waals surface area contributed by atoms with E-state index >= 15 is 0 Å². The summed E-state index contributed by atoms with van der Waals surface area (Å²) < 4.78 is 20.1. The monoisotopic (exact) mass is 374 g/mol. The fourth-order valence-electron chi connectivity index (χ4n) is 3.11. The fourth-order valence-corrected chi connectivity index (χ4v) is 5.52. The largest absolute Gasteiger partial charge is 0.436 e. The zero-order chi connectivity index (χ0) is 18.9. The van der Waals surface area contributed by atoms with Gasteiger partial charge in [-0.05, 0) is 35.9 Å². The third kappa shape index (κ3) is 2.75. The minimum Gasteiger partial charge on any atom is -0.436 e. The van der Waals surface area contributed by atoms with Gasteiger partial charge in [0.1, 0.15) is 5.75 Å². The maximum atomic E-state index is 14.1. The first-order chi connectivity index (χ1) is 13.2. The third-order valence-corrected chi connectivity index (χ3v) is 6.71. The Morgan fingerprint density at radius 3 is 2.26 bits per heavy atom. The van der Waals surface area contributed by atoms with Crippen LogP contribution in [0.3, 0.4) is 0 Å². The number of para-hydroxylation sites is 1. The molecule has 3 aromatic carbocycles. The standard InChI is InChI=1S/C20H11N2O4P/c23-12-21-14-9-10-17(22-13-24)20(11-14)27(25)19-8-4-2-6-16(19)15-5-1-3-7-18(15)26-27/h1-11H. The fraction of sp³-hybridized carbons (Fsp3) is 0. The summed E-state index contributed by atoms with van der Waals surface area (Å²) in [6.07, 6.45) is 2.92. The molecule has 1 unspecified atom stereocenters. The van der Waals surface area contributed by atoms with Gasteiger partial charge in [-0.1, -0.05) is 36.4 Å². The molecular weight excluding hydrogens is 363 g/mol. The Morgan fingerprint density at radius 1 is 0.778 bits per heavy atom. The number of hydrogen-bond acceptors (Lipinski definition) is 6. The van der Waals surface area contributed by atoms with Crippen molar-refractivity contribution in [1.29, 1.82) is 0 Å². The van der Waals surface area contributed by atoms with E-state index in [0.29, 0.717) is 11.1 Å². The van der Waals surface area contributed by atoms with Crippen LogP contribution in [0.1, 0.15) is 0 Å². The molecule has 0 fully saturated rings. The molecular formula is C20H11N2O4P. The van der Waals surface area contributed by atoms with Gasteiger partial charge in [-0.25, -0.2) is 9.59 Å². The van der Waals surface area contributed by atoms with E-state index in [-0.39, 0.29) is 16.7 Å². The first-order valence-electron chi connectivity index (χ1n) is 7.96. The minimum absolute atomic E-state index is 0.146. The Kier molecular flexibility index (Phi) is 4.15. The molecule has 0 aromatic heterocycles. The van der Waals surface area contributed by atoms with Gasteiger partial charge in [0, 0.05) is 5.56 Å². The summed E-state index contributed by atoms with van der Waals surface area (Å²) in [6.45, 7) is 0. The minimum atomic E-state index is -3.67. The third-order valence-electron chi connectivity index (χ3n) is 4.24. The van der Waals surface area contributed by atoms with Gasteiger partial charge >= 0.3 is 7.37 Å². The van der Waals surface area contributed by atoms with Crippen LogP contribution in [-0.4, -0.2) is 12.2 Å². The summed E-state index contributed by atoms with van der Waals surface area (Å²) in [6, 6.07) is 18.8. The van der Waals surface area contributed by atoms with Gasteiger partial charge in [-0.3, -0.25) is 4.57 Å². The average Bonchev–Trinajstić information content (AvgIpc) is 2.70. The van der Waals surface area contributed by atoms with Crippen LogP contribution in [0.4, 0.5) is 11.4 Å². The second-order valence-corrected chi connectivity index (χ2v) is 7.98. The molecule has 0 N–H and O–H groups in total. The summed E-state index contributed by atoms with van der Waals surface area (Å²) >= 11 is 0. The summed E-state index contributed by atoms with van der Waals surface area (Å²) in [4.78, 5) is 28.7. The van der Waals surface area contributed by atoms with Crippen molar-refractivity contribution in [2.24, 2.45) is 9.98 Å². The molecule has 0 amide bonds. The maximum absolute atomic E-state index is 14.1. The van der Waals surface area contributed by atoms with Crippen LogP contribution in [0, 0.1) is 0 Å². The Labute approximate surface area is 154 Å². The van der Waals surface area contributed by atoms with E-state index in [9.17, 15) is 14.2 Å². The topological polar surface area (TPSA) is 85.2 Å². The Hall–Kier alpha value is -3.55. The lowest BCUT2D eigenvalue weighted by Crippen LogP contribution is -2.25. The van der Waals surface area contributed by atoms with Crippen LogP contribution < -0.4 is 15.1 Å². The van der Waals surface area contributed by atoms with Crippen molar-refractivity contribution in [1.82, 2.24) is 0 Å². The second kappa shape index (κ2) is 6.64. The van der Waals surface area contributed by atoms with Crippen LogP contribution in [0.2, 0.25) is 0 Å². The predicted octanol–water partition coefficient (Wildman–Crippen LogP) is 3.91. The molecule has 0 spiro atoms. The van der Waals surface area contributed by atoms with Gasteiger partial charge in [0.05, 0.1) is 22.0 Å². The van der Waals surface area contributed by atoms with Crippen molar-refractivity contribution in [3.8, 4) is 16.9 Å². The van der Waals surface area contributed by atoms with E-state index in [4.69, 9.17) is 4.52 Å². The summed E-state index contributed by atoms with van der Waals surface area (Å²) in [5.41, 5.74) is 1.97. The number of nitrogens with zero attached hydrogens (tertiary/aromatic N) is 2.